The van der Waals surface area contributed by atoms with Gasteiger partial charge in [-0.3, -0.25) is 0 Å². The van der Waals surface area contributed by atoms with E-state index in [1.165, 1.54) is 6.07 Å². The van der Waals surface area contributed by atoms with Gasteiger partial charge < -0.3 is 10.5 Å². The van der Waals surface area contributed by atoms with Crippen LogP contribution in [0.1, 0.15) is 5.56 Å². The van der Waals surface area contributed by atoms with E-state index in [0.29, 0.717) is 17.0 Å². The van der Waals surface area contributed by atoms with Gasteiger partial charge in [0.2, 0.25) is 0 Å². The Kier molecular flexibility index (Phi) is 3.00. The zero-order chi connectivity index (χ0) is 12.4. The fourth-order valence-electron chi connectivity index (χ4n) is 1.74. The average Bonchev–Trinajstić information content (AvgIpc) is 2.32. The number of nitrogen functional groups attached to an aromatic ring is 1. The molecule has 0 radical (unpaired) electrons. The molecule has 0 aliphatic heterocycles. The number of methoxy groups -OCH3 is 1. The lowest BCUT2D eigenvalue weighted by molar-refractivity contribution is 0.417. The minimum atomic E-state index is -0.199. The molecule has 2 aromatic rings. The molecule has 0 heterocycles. The number of rotatable bonds is 2. The Bertz CT molecular complexity index is 552. The zero-order valence-electron chi connectivity index (χ0n) is 9.83. The standard InChI is InChI=1S/C14H14FNO/c1-9-7-10(3-5-12(9)15)11-4-6-14(17-2)13(16)8-11/h3-8H,16H2,1-2H3. The first kappa shape index (κ1) is 11.5. The van der Waals surface area contributed by atoms with Gasteiger partial charge >= 0.3 is 0 Å². The maximum atomic E-state index is 13.2. The van der Waals surface area contributed by atoms with Crippen molar-refractivity contribution >= 4 is 5.69 Å². The molecule has 0 aliphatic rings. The van der Waals surface area contributed by atoms with E-state index >= 15 is 0 Å². The normalized spacial score (nSPS) is 10.3. The molecular formula is C14H14FNO. The first-order valence-electron chi connectivity index (χ1n) is 5.32. The molecule has 2 rings (SSSR count). The molecule has 3 heteroatoms. The van der Waals surface area contributed by atoms with Crippen molar-refractivity contribution in [3.8, 4) is 16.9 Å². The molecule has 0 bridgehead atoms. The van der Waals surface area contributed by atoms with Crippen LogP contribution < -0.4 is 10.5 Å². The number of hydrogen-bond donors (Lipinski definition) is 1. The van der Waals surface area contributed by atoms with Crippen LogP contribution in [0.3, 0.4) is 0 Å². The van der Waals surface area contributed by atoms with E-state index in [1.807, 2.05) is 18.2 Å². The van der Waals surface area contributed by atoms with Gasteiger partial charge in [-0.25, -0.2) is 4.39 Å². The first-order valence-corrected chi connectivity index (χ1v) is 5.32. The SMILES string of the molecule is COc1ccc(-c2ccc(F)c(C)c2)cc1N. The van der Waals surface area contributed by atoms with Crippen molar-refractivity contribution in [3.63, 3.8) is 0 Å². The van der Waals surface area contributed by atoms with Crippen LogP contribution in [0.4, 0.5) is 10.1 Å². The molecular weight excluding hydrogens is 217 g/mol. The molecule has 0 spiro atoms. The average molecular weight is 231 g/mol. The van der Waals surface area contributed by atoms with Gasteiger partial charge in [-0.15, -0.1) is 0 Å². The van der Waals surface area contributed by atoms with Gasteiger partial charge in [0.15, 0.2) is 0 Å². The fraction of sp³-hybridized carbons (Fsp3) is 0.143. The minimum absolute atomic E-state index is 0.199. The summed E-state index contributed by atoms with van der Waals surface area (Å²) in [6.07, 6.45) is 0. The molecule has 0 unspecified atom stereocenters. The second-order valence-corrected chi connectivity index (χ2v) is 3.92. The monoisotopic (exact) mass is 231 g/mol. The van der Waals surface area contributed by atoms with Gasteiger partial charge in [-0.1, -0.05) is 12.1 Å². The Labute approximate surface area is 99.8 Å². The summed E-state index contributed by atoms with van der Waals surface area (Å²) in [4.78, 5) is 0. The summed E-state index contributed by atoms with van der Waals surface area (Å²) in [5.74, 6) is 0.447. The number of nitrogens with two attached hydrogens (primary N) is 1. The third-order valence-electron chi connectivity index (χ3n) is 2.72. The predicted octanol–water partition coefficient (Wildman–Crippen LogP) is 3.39. The van der Waals surface area contributed by atoms with Crippen LogP contribution in [0.2, 0.25) is 0 Å². The van der Waals surface area contributed by atoms with Crippen LogP contribution in [-0.4, -0.2) is 7.11 Å². The third kappa shape index (κ3) is 2.23. The third-order valence-corrected chi connectivity index (χ3v) is 2.72. The summed E-state index contributed by atoms with van der Waals surface area (Å²) < 4.78 is 18.3. The van der Waals surface area contributed by atoms with Crippen LogP contribution in [0, 0.1) is 12.7 Å². The molecule has 0 fully saturated rings. The smallest absolute Gasteiger partial charge is 0.141 e. The van der Waals surface area contributed by atoms with Crippen molar-refractivity contribution < 1.29 is 9.13 Å². The maximum absolute atomic E-state index is 13.2. The van der Waals surface area contributed by atoms with Crippen molar-refractivity contribution in [2.24, 2.45) is 0 Å². The van der Waals surface area contributed by atoms with Crippen LogP contribution in [0.25, 0.3) is 11.1 Å². The topological polar surface area (TPSA) is 35.2 Å². The van der Waals surface area contributed by atoms with Gasteiger partial charge in [-0.05, 0) is 47.9 Å². The fourth-order valence-corrected chi connectivity index (χ4v) is 1.74. The molecule has 0 aromatic heterocycles. The Hall–Kier alpha value is -2.03. The Morgan fingerprint density at radius 1 is 1.06 bits per heavy atom. The van der Waals surface area contributed by atoms with E-state index in [0.717, 1.165) is 11.1 Å². The highest BCUT2D eigenvalue weighted by Gasteiger charge is 2.04. The number of ether oxygens (including phenoxy) is 1. The summed E-state index contributed by atoms with van der Waals surface area (Å²) >= 11 is 0. The summed E-state index contributed by atoms with van der Waals surface area (Å²) in [6.45, 7) is 1.74. The maximum Gasteiger partial charge on any atom is 0.141 e. The molecule has 88 valence electrons. The van der Waals surface area contributed by atoms with Crippen molar-refractivity contribution in [3.05, 3.63) is 47.8 Å². The van der Waals surface area contributed by atoms with Gasteiger partial charge in [0.05, 0.1) is 12.8 Å². The molecule has 0 atom stereocenters. The molecule has 17 heavy (non-hydrogen) atoms. The second-order valence-electron chi connectivity index (χ2n) is 3.92. The lowest BCUT2D eigenvalue weighted by atomic mass is 10.0. The Morgan fingerprint density at radius 3 is 2.29 bits per heavy atom. The number of halogens is 1. The van der Waals surface area contributed by atoms with Gasteiger partial charge in [-0.2, -0.15) is 0 Å². The van der Waals surface area contributed by atoms with Crippen LogP contribution in [0.15, 0.2) is 36.4 Å². The molecule has 2 N–H and O–H groups in total. The largest absolute Gasteiger partial charge is 0.495 e. The molecule has 0 saturated heterocycles. The Balaban J connectivity index is 2.46. The number of anilines is 1. The van der Waals surface area contributed by atoms with Crippen molar-refractivity contribution in [1.29, 1.82) is 0 Å². The zero-order valence-corrected chi connectivity index (χ0v) is 9.83. The highest BCUT2D eigenvalue weighted by molar-refractivity contribution is 5.71. The Morgan fingerprint density at radius 2 is 1.71 bits per heavy atom. The molecule has 0 aliphatic carbocycles. The van der Waals surface area contributed by atoms with Gasteiger partial charge in [0, 0.05) is 0 Å². The molecule has 2 nitrogen and oxygen atoms in total. The molecule has 2 aromatic carbocycles. The van der Waals surface area contributed by atoms with Crippen molar-refractivity contribution in [2.75, 3.05) is 12.8 Å². The summed E-state index contributed by atoms with van der Waals surface area (Å²) in [5.41, 5.74) is 8.93. The van der Waals surface area contributed by atoms with E-state index in [1.54, 1.807) is 26.2 Å². The van der Waals surface area contributed by atoms with Crippen molar-refractivity contribution in [1.82, 2.24) is 0 Å². The first-order chi connectivity index (χ1) is 8.11. The lowest BCUT2D eigenvalue weighted by Crippen LogP contribution is -1.93. The molecule has 0 saturated carbocycles. The number of benzene rings is 2. The van der Waals surface area contributed by atoms with Crippen LogP contribution in [0.5, 0.6) is 5.75 Å². The van der Waals surface area contributed by atoms with E-state index < -0.39 is 0 Å². The highest BCUT2D eigenvalue weighted by Crippen LogP contribution is 2.29. The van der Waals surface area contributed by atoms with E-state index in [9.17, 15) is 4.39 Å². The van der Waals surface area contributed by atoms with Crippen LogP contribution in [-0.2, 0) is 0 Å². The van der Waals surface area contributed by atoms with Gasteiger partial charge in [0.1, 0.15) is 11.6 Å². The number of aryl methyl sites for hydroxylation is 1. The van der Waals surface area contributed by atoms with E-state index in [4.69, 9.17) is 10.5 Å². The highest BCUT2D eigenvalue weighted by atomic mass is 19.1. The second kappa shape index (κ2) is 4.45. The lowest BCUT2D eigenvalue weighted by Gasteiger charge is -2.08. The quantitative estimate of drug-likeness (QED) is 0.804. The van der Waals surface area contributed by atoms with Crippen molar-refractivity contribution in [2.45, 2.75) is 6.92 Å². The summed E-state index contributed by atoms with van der Waals surface area (Å²) in [7, 11) is 1.58. The predicted molar refractivity (Wildman–Crippen MR) is 67.5 cm³/mol. The van der Waals surface area contributed by atoms with E-state index in [2.05, 4.69) is 0 Å². The van der Waals surface area contributed by atoms with Gasteiger partial charge in [0.25, 0.3) is 0 Å². The van der Waals surface area contributed by atoms with E-state index in [-0.39, 0.29) is 5.82 Å². The van der Waals surface area contributed by atoms with Crippen LogP contribution >= 0.6 is 0 Å². The number of hydrogen-bond acceptors (Lipinski definition) is 2. The summed E-state index contributed by atoms with van der Waals surface area (Å²) in [5, 5.41) is 0. The summed E-state index contributed by atoms with van der Waals surface area (Å²) in [6, 6.07) is 10.5. The minimum Gasteiger partial charge on any atom is -0.495 e. The molecule has 0 amide bonds.